The van der Waals surface area contributed by atoms with Gasteiger partial charge in [0.15, 0.2) is 0 Å². The van der Waals surface area contributed by atoms with Crippen molar-refractivity contribution in [3.63, 3.8) is 0 Å². The fourth-order valence-corrected chi connectivity index (χ4v) is 4.19. The van der Waals surface area contributed by atoms with Crippen LogP contribution in [0.5, 0.6) is 0 Å². The molecule has 3 fully saturated rings. The molecule has 0 spiro atoms. The normalized spacial score (nSPS) is 23.9. The minimum absolute atomic E-state index is 0.0699. The van der Waals surface area contributed by atoms with Crippen molar-refractivity contribution >= 4 is 11.8 Å². The third-order valence-electron chi connectivity index (χ3n) is 5.78. The number of carbonyl (C=O) groups excluding carboxylic acids is 1. The van der Waals surface area contributed by atoms with Gasteiger partial charge in [0.25, 0.3) is 0 Å². The van der Waals surface area contributed by atoms with Gasteiger partial charge in [0.05, 0.1) is 6.04 Å². The Morgan fingerprint density at radius 3 is 2.56 bits per heavy atom. The van der Waals surface area contributed by atoms with E-state index >= 15 is 0 Å². The van der Waals surface area contributed by atoms with Gasteiger partial charge in [-0.05, 0) is 68.1 Å². The number of benzene rings is 2. The van der Waals surface area contributed by atoms with Crippen LogP contribution < -0.4 is 4.90 Å². The second-order valence-electron chi connectivity index (χ2n) is 7.55. The Morgan fingerprint density at radius 1 is 1.19 bits per heavy atom. The number of anilines is 1. The molecular weight excluding hydrogens is 343 g/mol. The van der Waals surface area contributed by atoms with Gasteiger partial charge in [0.2, 0.25) is 0 Å². The lowest BCUT2D eigenvalue weighted by Crippen LogP contribution is -2.59. The Morgan fingerprint density at radius 2 is 1.93 bits per heavy atom. The molecule has 0 N–H and O–H groups in total. The van der Waals surface area contributed by atoms with Gasteiger partial charge in [-0.2, -0.15) is 0 Å². The highest BCUT2D eigenvalue weighted by molar-refractivity contribution is 5.88. The number of amides is 1. The molecule has 5 rings (SSSR count). The minimum atomic E-state index is -0.360. The fourth-order valence-electron chi connectivity index (χ4n) is 4.19. The third kappa shape index (κ3) is 3.83. The maximum absolute atomic E-state index is 13.8. The molecule has 0 aliphatic carbocycles. The number of carbonyl (C=O) groups is 1. The highest BCUT2D eigenvalue weighted by atomic mass is 19.1. The van der Waals surface area contributed by atoms with Crippen LogP contribution in [0.25, 0.3) is 0 Å². The maximum atomic E-state index is 13.8. The molecule has 2 aromatic carbocycles. The Hall–Kier alpha value is -2.40. The zero-order valence-electron chi connectivity index (χ0n) is 15.6. The second-order valence-corrected chi connectivity index (χ2v) is 7.55. The number of halogens is 1. The van der Waals surface area contributed by atoms with Crippen molar-refractivity contribution in [2.75, 3.05) is 24.5 Å². The third-order valence-corrected chi connectivity index (χ3v) is 5.78. The zero-order valence-corrected chi connectivity index (χ0v) is 15.6. The number of fused-ring (bicyclic) bond motifs is 3. The molecule has 3 heterocycles. The minimum Gasteiger partial charge on any atom is -0.444 e. The molecule has 0 saturated carbocycles. The first-order valence-electron chi connectivity index (χ1n) is 9.60. The van der Waals surface area contributed by atoms with E-state index < -0.39 is 0 Å². The molecule has 2 bridgehead atoms. The van der Waals surface area contributed by atoms with Crippen LogP contribution in [-0.2, 0) is 11.3 Å². The molecule has 5 heteroatoms. The van der Waals surface area contributed by atoms with E-state index in [1.54, 1.807) is 24.0 Å². The van der Waals surface area contributed by atoms with Gasteiger partial charge in [-0.1, -0.05) is 30.3 Å². The van der Waals surface area contributed by atoms with E-state index in [4.69, 9.17) is 4.74 Å². The number of ether oxygens (including phenoxy) is 1. The largest absolute Gasteiger partial charge is 0.444 e. The average molecular weight is 368 g/mol. The molecular formula is C22H25FN2O2. The molecule has 2 aromatic rings. The first-order chi connectivity index (χ1) is 13.1. The van der Waals surface area contributed by atoms with Crippen LogP contribution >= 0.6 is 0 Å². The quantitative estimate of drug-likeness (QED) is 0.803. The highest BCUT2D eigenvalue weighted by Gasteiger charge is 2.40. The molecule has 1 amide bonds. The van der Waals surface area contributed by atoms with Crippen LogP contribution in [0.4, 0.5) is 14.9 Å². The summed E-state index contributed by atoms with van der Waals surface area (Å²) in [6, 6.07) is 14.8. The summed E-state index contributed by atoms with van der Waals surface area (Å²) < 4.78 is 19.4. The molecule has 0 aromatic heterocycles. The molecule has 142 valence electrons. The Balaban J connectivity index is 1.53. The number of hydrogen-bond donors (Lipinski definition) is 0. The summed E-state index contributed by atoms with van der Waals surface area (Å²) in [5.74, 6) is 0.223. The van der Waals surface area contributed by atoms with Gasteiger partial charge < -0.3 is 9.64 Å². The molecule has 27 heavy (non-hydrogen) atoms. The molecule has 4 nitrogen and oxygen atoms in total. The van der Waals surface area contributed by atoms with E-state index in [0.717, 1.165) is 38.2 Å². The summed E-state index contributed by atoms with van der Waals surface area (Å²) in [7, 11) is 0. The predicted octanol–water partition coefficient (Wildman–Crippen LogP) is 4.37. The highest BCUT2D eigenvalue weighted by Crippen LogP contribution is 2.34. The van der Waals surface area contributed by atoms with Crippen molar-refractivity contribution in [2.45, 2.75) is 32.4 Å². The average Bonchev–Trinajstić information content (AvgIpc) is 2.71. The molecule has 3 saturated heterocycles. The van der Waals surface area contributed by atoms with Crippen LogP contribution in [0.2, 0.25) is 0 Å². The molecule has 3 aliphatic heterocycles. The number of nitrogens with zero attached hydrogens (tertiary/aromatic N) is 2. The zero-order chi connectivity index (χ0) is 18.8. The van der Waals surface area contributed by atoms with Crippen LogP contribution in [-0.4, -0.2) is 36.7 Å². The maximum Gasteiger partial charge on any atom is 0.414 e. The summed E-state index contributed by atoms with van der Waals surface area (Å²) in [6.45, 7) is 4.90. The van der Waals surface area contributed by atoms with Crippen LogP contribution in [0.1, 0.15) is 24.0 Å². The Bertz CT molecular complexity index is 803. The fraction of sp³-hybridized carbons (Fsp3) is 0.409. The van der Waals surface area contributed by atoms with Crippen molar-refractivity contribution < 1.29 is 13.9 Å². The van der Waals surface area contributed by atoms with Crippen LogP contribution in [0, 0.1) is 18.7 Å². The number of aryl methyl sites for hydroxylation is 1. The summed E-state index contributed by atoms with van der Waals surface area (Å²) in [6.07, 6.45) is 1.87. The van der Waals surface area contributed by atoms with Gasteiger partial charge in [0.1, 0.15) is 12.4 Å². The SMILES string of the molecule is Cc1ccc(COC(=O)N(c2ccccc2)C2CN3CCC2CC3)cc1F. The Labute approximate surface area is 159 Å². The topological polar surface area (TPSA) is 32.8 Å². The van der Waals surface area contributed by atoms with Crippen molar-refractivity contribution in [2.24, 2.45) is 5.92 Å². The summed E-state index contributed by atoms with van der Waals surface area (Å²) >= 11 is 0. The summed E-state index contributed by atoms with van der Waals surface area (Å²) in [5, 5.41) is 0. The molecule has 1 atom stereocenters. The van der Waals surface area contributed by atoms with Gasteiger partial charge in [-0.15, -0.1) is 0 Å². The predicted molar refractivity (Wildman–Crippen MR) is 103 cm³/mol. The standard InChI is InChI=1S/C22H25FN2O2/c1-16-7-8-17(13-20(16)23)15-27-22(26)25(19-5-3-2-4-6-19)21-14-24-11-9-18(21)10-12-24/h2-8,13,18,21H,9-12,14-15H2,1H3. The first kappa shape index (κ1) is 18.0. The number of rotatable bonds is 4. The van der Waals surface area contributed by atoms with Crippen LogP contribution in [0.15, 0.2) is 48.5 Å². The van der Waals surface area contributed by atoms with Crippen molar-refractivity contribution in [1.82, 2.24) is 4.90 Å². The number of para-hydroxylation sites is 1. The lowest BCUT2D eigenvalue weighted by Gasteiger charge is -2.48. The van der Waals surface area contributed by atoms with E-state index in [-0.39, 0.29) is 24.6 Å². The molecule has 3 aliphatic rings. The van der Waals surface area contributed by atoms with Gasteiger partial charge >= 0.3 is 6.09 Å². The van der Waals surface area contributed by atoms with Crippen LogP contribution in [0.3, 0.4) is 0 Å². The van der Waals surface area contributed by atoms with Crippen molar-refractivity contribution in [3.8, 4) is 0 Å². The second kappa shape index (κ2) is 7.69. The molecule has 1 unspecified atom stereocenters. The lowest BCUT2D eigenvalue weighted by molar-refractivity contribution is 0.0778. The monoisotopic (exact) mass is 368 g/mol. The summed E-state index contributed by atoms with van der Waals surface area (Å²) in [5.41, 5.74) is 2.10. The van der Waals surface area contributed by atoms with E-state index in [1.165, 1.54) is 6.07 Å². The lowest BCUT2D eigenvalue weighted by atomic mass is 9.83. The first-order valence-corrected chi connectivity index (χ1v) is 9.60. The van der Waals surface area contributed by atoms with E-state index in [2.05, 4.69) is 4.90 Å². The van der Waals surface area contributed by atoms with Gasteiger partial charge in [0, 0.05) is 12.2 Å². The smallest absolute Gasteiger partial charge is 0.414 e. The molecule has 0 radical (unpaired) electrons. The van der Waals surface area contributed by atoms with E-state index in [9.17, 15) is 9.18 Å². The van der Waals surface area contributed by atoms with Gasteiger partial charge in [-0.25, -0.2) is 9.18 Å². The van der Waals surface area contributed by atoms with E-state index in [0.29, 0.717) is 17.0 Å². The Kier molecular flexibility index (Phi) is 5.12. The van der Waals surface area contributed by atoms with Gasteiger partial charge in [-0.3, -0.25) is 4.90 Å². The van der Waals surface area contributed by atoms with Crippen molar-refractivity contribution in [3.05, 3.63) is 65.5 Å². The van der Waals surface area contributed by atoms with E-state index in [1.807, 2.05) is 30.3 Å². The summed E-state index contributed by atoms with van der Waals surface area (Å²) in [4.78, 5) is 17.3. The van der Waals surface area contributed by atoms with Crippen molar-refractivity contribution in [1.29, 1.82) is 0 Å². The number of piperidine rings is 3. The number of hydrogen-bond acceptors (Lipinski definition) is 3.